The van der Waals surface area contributed by atoms with Crippen LogP contribution in [0.1, 0.15) is 36.9 Å². The maximum absolute atomic E-state index is 13.1. The Hall–Kier alpha value is -4.05. The number of carbonyl (C=O) groups is 1. The second-order valence-electron chi connectivity index (χ2n) is 9.03. The van der Waals surface area contributed by atoms with Gasteiger partial charge in [0.1, 0.15) is 22.7 Å². The fraction of sp³-hybridized carbons (Fsp3) is 0.346. The molecule has 4 aromatic rings. The molecule has 10 heteroatoms. The Morgan fingerprint density at radius 3 is 2.78 bits per heavy atom. The summed E-state index contributed by atoms with van der Waals surface area (Å²) in [7, 11) is 3.46. The number of hydrogen-bond donors (Lipinski definition) is 1. The van der Waals surface area contributed by atoms with E-state index in [1.807, 2.05) is 25.4 Å². The van der Waals surface area contributed by atoms with E-state index >= 15 is 0 Å². The van der Waals surface area contributed by atoms with E-state index in [-0.39, 0.29) is 17.8 Å². The highest BCUT2D eigenvalue weighted by Crippen LogP contribution is 2.40. The molecule has 1 N–H and O–H groups in total. The summed E-state index contributed by atoms with van der Waals surface area (Å²) in [5.74, 6) is 1.95. The first-order valence-electron chi connectivity index (χ1n) is 11.9. The summed E-state index contributed by atoms with van der Waals surface area (Å²) >= 11 is 0. The van der Waals surface area contributed by atoms with E-state index in [9.17, 15) is 9.59 Å². The number of aryl methyl sites for hydroxylation is 1. The van der Waals surface area contributed by atoms with E-state index in [4.69, 9.17) is 9.47 Å². The van der Waals surface area contributed by atoms with Crippen LogP contribution < -0.4 is 15.6 Å². The zero-order chi connectivity index (χ0) is 25.2. The van der Waals surface area contributed by atoms with Crippen LogP contribution in [-0.4, -0.2) is 43.6 Å². The van der Waals surface area contributed by atoms with Gasteiger partial charge in [0.05, 0.1) is 12.3 Å². The van der Waals surface area contributed by atoms with Gasteiger partial charge in [-0.2, -0.15) is 4.98 Å². The van der Waals surface area contributed by atoms with Crippen molar-refractivity contribution >= 4 is 28.6 Å². The molecule has 0 amide bonds. The number of imidazole rings is 1. The predicted molar refractivity (Wildman–Crippen MR) is 135 cm³/mol. The quantitative estimate of drug-likeness (QED) is 0.359. The lowest BCUT2D eigenvalue weighted by Gasteiger charge is -2.12. The van der Waals surface area contributed by atoms with Crippen LogP contribution in [0.15, 0.2) is 47.5 Å². The topological polar surface area (TPSA) is 113 Å². The largest absolute Gasteiger partial charge is 0.439 e. The van der Waals surface area contributed by atoms with Gasteiger partial charge < -0.3 is 19.4 Å². The smallest absolute Gasteiger partial charge is 0.274 e. The molecule has 36 heavy (non-hydrogen) atoms. The highest BCUT2D eigenvalue weighted by Gasteiger charge is 2.25. The van der Waals surface area contributed by atoms with Gasteiger partial charge in [0.15, 0.2) is 5.65 Å². The molecular weight excluding hydrogens is 460 g/mol. The minimum Gasteiger partial charge on any atom is -0.439 e. The van der Waals surface area contributed by atoms with Crippen molar-refractivity contribution in [3.63, 3.8) is 0 Å². The van der Waals surface area contributed by atoms with Gasteiger partial charge in [-0.05, 0) is 49.4 Å². The fourth-order valence-electron chi connectivity index (χ4n) is 4.07. The molecule has 0 aromatic carbocycles. The third-order valence-electron chi connectivity index (χ3n) is 6.07. The summed E-state index contributed by atoms with van der Waals surface area (Å²) < 4.78 is 14.6. The number of fused-ring (bicyclic) bond motifs is 1. The molecule has 1 aliphatic rings. The molecule has 1 fully saturated rings. The Bertz CT molecular complexity index is 1490. The number of anilines is 2. The summed E-state index contributed by atoms with van der Waals surface area (Å²) in [5, 5.41) is 3.22. The molecule has 0 unspecified atom stereocenters. The van der Waals surface area contributed by atoms with E-state index < -0.39 is 0 Å². The van der Waals surface area contributed by atoms with Crippen molar-refractivity contribution in [2.45, 2.75) is 38.6 Å². The van der Waals surface area contributed by atoms with Crippen LogP contribution in [0.25, 0.3) is 11.2 Å². The number of nitrogens with zero attached hydrogens (tertiary/aromatic N) is 5. The molecule has 1 aliphatic carbocycles. The van der Waals surface area contributed by atoms with Gasteiger partial charge in [-0.15, -0.1) is 0 Å². The second kappa shape index (κ2) is 9.90. The Balaban J connectivity index is 1.42. The molecule has 0 spiro atoms. The molecule has 0 atom stereocenters. The van der Waals surface area contributed by atoms with Crippen molar-refractivity contribution in [3.8, 4) is 11.6 Å². The number of Topliss-reactive ketones (excluding diaryl/α,β-unsaturated/α-hetero) is 1. The number of pyridine rings is 3. The van der Waals surface area contributed by atoms with Gasteiger partial charge in [0.2, 0.25) is 11.8 Å². The van der Waals surface area contributed by atoms with Gasteiger partial charge in [-0.25, -0.2) is 4.98 Å². The molecule has 0 aliphatic heterocycles. The highest BCUT2D eigenvalue weighted by molar-refractivity contribution is 5.78. The molecule has 4 aromatic heterocycles. The Labute approximate surface area is 207 Å². The van der Waals surface area contributed by atoms with Crippen LogP contribution in [0.2, 0.25) is 0 Å². The van der Waals surface area contributed by atoms with Crippen molar-refractivity contribution in [1.82, 2.24) is 24.1 Å². The lowest BCUT2D eigenvalue weighted by molar-refractivity contribution is -0.116. The lowest BCUT2D eigenvalue weighted by Crippen LogP contribution is -2.25. The van der Waals surface area contributed by atoms with Gasteiger partial charge in [0, 0.05) is 51.6 Å². The molecule has 186 valence electrons. The summed E-state index contributed by atoms with van der Waals surface area (Å²) in [5.41, 5.74) is 3.39. The minimum atomic E-state index is -0.125. The van der Waals surface area contributed by atoms with Crippen LogP contribution in [0, 0.1) is 0 Å². The van der Waals surface area contributed by atoms with Crippen molar-refractivity contribution < 1.29 is 14.3 Å². The summed E-state index contributed by atoms with van der Waals surface area (Å²) in [6.07, 6.45) is 6.05. The van der Waals surface area contributed by atoms with Crippen molar-refractivity contribution in [2.75, 3.05) is 19.0 Å². The SMILES string of the molecule is COCCn1cc(C2CC2)cc(Nc2nc3ccc(Oc4ccnc(CC(C)=O)c4)nc3n2C)c1=O. The first kappa shape index (κ1) is 23.7. The fourth-order valence-corrected chi connectivity index (χ4v) is 4.07. The molecule has 5 rings (SSSR count). The number of hydrogen-bond acceptors (Lipinski definition) is 8. The average Bonchev–Trinajstić information content (AvgIpc) is 3.65. The molecule has 0 bridgehead atoms. The number of nitrogens with one attached hydrogen (secondary N) is 1. The Kier molecular flexibility index (Phi) is 6.51. The van der Waals surface area contributed by atoms with Crippen LogP contribution in [0.3, 0.4) is 0 Å². The summed E-state index contributed by atoms with van der Waals surface area (Å²) in [4.78, 5) is 38.0. The first-order chi connectivity index (χ1) is 17.4. The normalized spacial score (nSPS) is 13.2. The van der Waals surface area contributed by atoms with Crippen LogP contribution in [-0.2, 0) is 29.5 Å². The summed E-state index contributed by atoms with van der Waals surface area (Å²) in [6, 6.07) is 8.92. The number of ether oxygens (including phenoxy) is 2. The molecule has 4 heterocycles. The standard InChI is InChI=1S/C26H28N6O4/c1-16(33)12-19-14-20(8-9-27-19)36-23-7-6-21-24(30-23)31(2)26(28-21)29-22-13-18(17-4-5-17)15-32(25(22)34)10-11-35-3/h6-9,13-15,17H,4-5,10-12H2,1-3H3,(H,28,29). The van der Waals surface area contributed by atoms with E-state index in [1.54, 1.807) is 40.6 Å². The van der Waals surface area contributed by atoms with E-state index in [2.05, 4.69) is 20.3 Å². The van der Waals surface area contributed by atoms with Crippen LogP contribution in [0.5, 0.6) is 11.6 Å². The zero-order valence-electron chi connectivity index (χ0n) is 20.5. The molecular formula is C26H28N6O4. The Morgan fingerprint density at radius 2 is 2.03 bits per heavy atom. The van der Waals surface area contributed by atoms with Crippen molar-refractivity contribution in [1.29, 1.82) is 0 Å². The molecule has 10 nitrogen and oxygen atoms in total. The third kappa shape index (κ3) is 5.13. The number of methoxy groups -OCH3 is 1. The first-order valence-corrected chi connectivity index (χ1v) is 11.9. The zero-order valence-corrected chi connectivity index (χ0v) is 20.5. The highest BCUT2D eigenvalue weighted by atomic mass is 16.5. The number of aromatic nitrogens is 5. The van der Waals surface area contributed by atoms with Crippen molar-refractivity contribution in [3.05, 3.63) is 64.3 Å². The average molecular weight is 489 g/mol. The second-order valence-corrected chi connectivity index (χ2v) is 9.03. The predicted octanol–water partition coefficient (Wildman–Crippen LogP) is 3.72. The molecule has 0 radical (unpaired) electrons. The number of rotatable bonds is 10. The Morgan fingerprint density at radius 1 is 1.19 bits per heavy atom. The van der Waals surface area contributed by atoms with Gasteiger partial charge in [-0.1, -0.05) is 0 Å². The number of carbonyl (C=O) groups excluding carboxylic acids is 1. The van der Waals surface area contributed by atoms with E-state index in [0.29, 0.717) is 59.2 Å². The third-order valence-corrected chi connectivity index (χ3v) is 6.07. The number of ketones is 1. The summed E-state index contributed by atoms with van der Waals surface area (Å²) in [6.45, 7) is 2.47. The maximum atomic E-state index is 13.1. The molecule has 0 saturated heterocycles. The van der Waals surface area contributed by atoms with E-state index in [1.165, 1.54) is 6.92 Å². The van der Waals surface area contributed by atoms with Gasteiger partial charge in [0.25, 0.3) is 5.56 Å². The van der Waals surface area contributed by atoms with E-state index in [0.717, 1.165) is 18.4 Å². The van der Waals surface area contributed by atoms with Crippen molar-refractivity contribution in [2.24, 2.45) is 7.05 Å². The minimum absolute atomic E-state index is 0.0298. The molecule has 1 saturated carbocycles. The van der Waals surface area contributed by atoms with Gasteiger partial charge in [-0.3, -0.25) is 19.1 Å². The lowest BCUT2D eigenvalue weighted by atomic mass is 10.2. The maximum Gasteiger partial charge on any atom is 0.274 e. The monoisotopic (exact) mass is 488 g/mol. The van der Waals surface area contributed by atoms with Crippen LogP contribution in [0.4, 0.5) is 11.6 Å². The van der Waals surface area contributed by atoms with Crippen LogP contribution >= 0.6 is 0 Å². The van der Waals surface area contributed by atoms with Gasteiger partial charge >= 0.3 is 0 Å².